The Balaban J connectivity index is 1.45. The van der Waals surface area contributed by atoms with E-state index in [1.54, 1.807) is 24.4 Å². The summed E-state index contributed by atoms with van der Waals surface area (Å²) in [5.41, 5.74) is 1.65. The van der Waals surface area contributed by atoms with Crippen LogP contribution in [0.5, 0.6) is 34.5 Å². The van der Waals surface area contributed by atoms with Crippen molar-refractivity contribution in [2.45, 2.75) is 27.1 Å². The van der Waals surface area contributed by atoms with Gasteiger partial charge >= 0.3 is 0 Å². The maximum absolute atomic E-state index is 12.7. The molecule has 0 amide bonds. The standard InChI is InChI=1S/C30H28N2O10/c1-15(33)21-23(35-3)18-8-11-39-25(18)29(37-5)27(21)41-13-17-7-10-31-20(32-17)14-42-28-22(16(2)34)24(36-4)19-9-12-40-26(19)30(28)38-6/h7-12H,13-14H2,1-6H3. The first-order valence-electron chi connectivity index (χ1n) is 12.7. The van der Waals surface area contributed by atoms with E-state index in [2.05, 4.69) is 9.97 Å². The summed E-state index contributed by atoms with van der Waals surface area (Å²) >= 11 is 0. The molecule has 0 aliphatic rings. The van der Waals surface area contributed by atoms with Crippen LogP contribution in [0.25, 0.3) is 21.9 Å². The fraction of sp³-hybridized carbons (Fsp3) is 0.267. The largest absolute Gasteiger partial charge is 0.495 e. The quantitative estimate of drug-likeness (QED) is 0.171. The smallest absolute Gasteiger partial charge is 0.205 e. The number of ether oxygens (including phenoxy) is 6. The van der Waals surface area contributed by atoms with Gasteiger partial charge in [0, 0.05) is 6.20 Å². The van der Waals surface area contributed by atoms with Gasteiger partial charge in [-0.25, -0.2) is 9.97 Å². The summed E-state index contributed by atoms with van der Waals surface area (Å²) in [5, 5.41) is 1.16. The first-order chi connectivity index (χ1) is 20.3. The molecule has 42 heavy (non-hydrogen) atoms. The normalized spacial score (nSPS) is 11.0. The summed E-state index contributed by atoms with van der Waals surface area (Å²) in [5.74, 6) is 1.16. The molecule has 0 saturated heterocycles. The number of hydrogen-bond donors (Lipinski definition) is 0. The Morgan fingerprint density at radius 1 is 0.667 bits per heavy atom. The topological polar surface area (TPSA) is 142 Å². The van der Waals surface area contributed by atoms with Gasteiger partial charge in [0.05, 0.1) is 57.4 Å². The van der Waals surface area contributed by atoms with Crippen LogP contribution in [0.15, 0.2) is 45.8 Å². The van der Waals surface area contributed by atoms with Crippen molar-refractivity contribution in [2.24, 2.45) is 0 Å². The van der Waals surface area contributed by atoms with E-state index in [9.17, 15) is 9.59 Å². The van der Waals surface area contributed by atoms with Gasteiger partial charge in [-0.05, 0) is 32.0 Å². The first-order valence-corrected chi connectivity index (χ1v) is 12.7. The van der Waals surface area contributed by atoms with Gasteiger partial charge in [-0.15, -0.1) is 0 Å². The number of aromatic nitrogens is 2. The lowest BCUT2D eigenvalue weighted by atomic mass is 10.0. The van der Waals surface area contributed by atoms with Crippen molar-refractivity contribution >= 4 is 33.5 Å². The minimum Gasteiger partial charge on any atom is -0.495 e. The third-order valence-corrected chi connectivity index (χ3v) is 6.55. The van der Waals surface area contributed by atoms with Crippen molar-refractivity contribution in [2.75, 3.05) is 28.4 Å². The van der Waals surface area contributed by atoms with E-state index in [-0.39, 0.29) is 58.9 Å². The number of fused-ring (bicyclic) bond motifs is 2. The van der Waals surface area contributed by atoms with E-state index < -0.39 is 0 Å². The van der Waals surface area contributed by atoms with Gasteiger partial charge in [0.1, 0.15) is 35.8 Å². The van der Waals surface area contributed by atoms with E-state index >= 15 is 0 Å². The lowest BCUT2D eigenvalue weighted by molar-refractivity contribution is 0.0996. The third kappa shape index (κ3) is 4.80. The number of methoxy groups -OCH3 is 4. The number of carbonyl (C=O) groups is 2. The van der Waals surface area contributed by atoms with Crippen LogP contribution in [-0.2, 0) is 13.2 Å². The average Bonchev–Trinajstić information content (AvgIpc) is 3.67. The fourth-order valence-corrected chi connectivity index (χ4v) is 4.82. The second kappa shape index (κ2) is 11.7. The van der Waals surface area contributed by atoms with Crippen molar-refractivity contribution in [1.82, 2.24) is 9.97 Å². The summed E-state index contributed by atoms with van der Waals surface area (Å²) in [6.07, 6.45) is 4.50. The molecule has 0 saturated carbocycles. The molecule has 3 aromatic heterocycles. The Kier molecular flexibility index (Phi) is 7.87. The molecule has 5 aromatic rings. The Bertz CT molecular complexity index is 1680. The SMILES string of the molecule is COc1c(C(C)=O)c(OCc2ccnc(COc3c(C(C)=O)c(OC)c4ccoc4c3OC)n2)c(OC)c2occc12. The molecule has 0 N–H and O–H groups in total. The molecule has 0 spiro atoms. The van der Waals surface area contributed by atoms with Crippen LogP contribution >= 0.6 is 0 Å². The number of ketones is 2. The fourth-order valence-electron chi connectivity index (χ4n) is 4.82. The van der Waals surface area contributed by atoms with E-state index in [0.29, 0.717) is 45.0 Å². The van der Waals surface area contributed by atoms with Crippen molar-refractivity contribution in [3.63, 3.8) is 0 Å². The zero-order valence-electron chi connectivity index (χ0n) is 23.9. The predicted octanol–water partition coefficient (Wildman–Crippen LogP) is 5.57. The number of carbonyl (C=O) groups excluding carboxylic acids is 2. The van der Waals surface area contributed by atoms with E-state index in [1.165, 1.54) is 54.8 Å². The summed E-state index contributed by atoms with van der Waals surface area (Å²) in [6.45, 7) is 2.65. The van der Waals surface area contributed by atoms with Gasteiger partial charge in [-0.2, -0.15) is 0 Å². The Labute approximate surface area is 240 Å². The van der Waals surface area contributed by atoms with Crippen LogP contribution in [0.1, 0.15) is 46.1 Å². The van der Waals surface area contributed by atoms with Gasteiger partial charge < -0.3 is 37.3 Å². The molecule has 2 aromatic carbocycles. The van der Waals surface area contributed by atoms with Crippen molar-refractivity contribution in [3.05, 3.63) is 59.6 Å². The highest BCUT2D eigenvalue weighted by Crippen LogP contribution is 2.48. The highest BCUT2D eigenvalue weighted by atomic mass is 16.5. The van der Waals surface area contributed by atoms with Crippen LogP contribution in [0.2, 0.25) is 0 Å². The molecule has 0 fully saturated rings. The zero-order chi connectivity index (χ0) is 30.0. The van der Waals surface area contributed by atoms with Gasteiger partial charge in [0.2, 0.25) is 11.5 Å². The van der Waals surface area contributed by atoms with Gasteiger partial charge in [0.15, 0.2) is 40.1 Å². The van der Waals surface area contributed by atoms with Crippen molar-refractivity contribution in [3.8, 4) is 34.5 Å². The van der Waals surface area contributed by atoms with Gasteiger partial charge in [0.25, 0.3) is 0 Å². The first kappa shape index (κ1) is 28.3. The lowest BCUT2D eigenvalue weighted by Gasteiger charge is -2.18. The maximum atomic E-state index is 12.7. The summed E-state index contributed by atoms with van der Waals surface area (Å²) in [6, 6.07) is 5.03. The maximum Gasteiger partial charge on any atom is 0.205 e. The van der Waals surface area contributed by atoms with Crippen LogP contribution in [-0.4, -0.2) is 50.0 Å². The molecular weight excluding hydrogens is 548 g/mol. The van der Waals surface area contributed by atoms with Crippen LogP contribution in [0.4, 0.5) is 0 Å². The lowest BCUT2D eigenvalue weighted by Crippen LogP contribution is -2.10. The number of furan rings is 2. The molecule has 0 bridgehead atoms. The summed E-state index contributed by atoms with van der Waals surface area (Å²) in [7, 11) is 5.84. The Hall–Kier alpha value is -5.26. The average molecular weight is 577 g/mol. The number of benzene rings is 2. The highest BCUT2D eigenvalue weighted by molar-refractivity contribution is 6.09. The van der Waals surface area contributed by atoms with Gasteiger partial charge in [-0.1, -0.05) is 0 Å². The molecule has 0 radical (unpaired) electrons. The molecule has 218 valence electrons. The van der Waals surface area contributed by atoms with Crippen LogP contribution < -0.4 is 28.4 Å². The number of hydrogen-bond acceptors (Lipinski definition) is 12. The number of rotatable bonds is 12. The molecule has 5 rings (SSSR count). The summed E-state index contributed by atoms with van der Waals surface area (Å²) < 4.78 is 45.5. The second-order valence-electron chi connectivity index (χ2n) is 9.02. The molecule has 12 heteroatoms. The second-order valence-corrected chi connectivity index (χ2v) is 9.02. The Morgan fingerprint density at radius 2 is 1.14 bits per heavy atom. The van der Waals surface area contributed by atoms with E-state index in [0.717, 1.165) is 0 Å². The molecule has 3 heterocycles. The third-order valence-electron chi connectivity index (χ3n) is 6.55. The molecule has 0 aliphatic carbocycles. The molecule has 0 atom stereocenters. The number of Topliss-reactive ketones (excluding diaryl/α,β-unsaturated/α-hetero) is 2. The summed E-state index contributed by atoms with van der Waals surface area (Å²) in [4.78, 5) is 34.1. The van der Waals surface area contributed by atoms with E-state index in [1.807, 2.05) is 0 Å². The van der Waals surface area contributed by atoms with E-state index in [4.69, 9.17) is 37.3 Å². The molecule has 0 aliphatic heterocycles. The highest BCUT2D eigenvalue weighted by Gasteiger charge is 2.29. The molecule has 12 nitrogen and oxygen atoms in total. The van der Waals surface area contributed by atoms with Gasteiger partial charge in [-0.3, -0.25) is 9.59 Å². The minimum atomic E-state index is -0.287. The number of nitrogens with zero attached hydrogens (tertiary/aromatic N) is 2. The zero-order valence-corrected chi connectivity index (χ0v) is 23.9. The van der Waals surface area contributed by atoms with Crippen molar-refractivity contribution < 1.29 is 46.8 Å². The molecular formula is C30H28N2O10. The minimum absolute atomic E-state index is 0.0459. The van der Waals surface area contributed by atoms with Crippen molar-refractivity contribution in [1.29, 1.82) is 0 Å². The monoisotopic (exact) mass is 576 g/mol. The predicted molar refractivity (Wildman–Crippen MR) is 149 cm³/mol. The molecule has 0 unspecified atom stereocenters. The van der Waals surface area contributed by atoms with Crippen LogP contribution in [0.3, 0.4) is 0 Å². The Morgan fingerprint density at radius 3 is 1.60 bits per heavy atom. The van der Waals surface area contributed by atoms with Crippen LogP contribution in [0, 0.1) is 0 Å².